The number of hydrogen-bond donors (Lipinski definition) is 1. The smallest absolute Gasteiger partial charge is 0.240 e. The normalized spacial score (nSPS) is 28.6. The minimum atomic E-state index is -3.49. The van der Waals surface area contributed by atoms with Crippen molar-refractivity contribution in [3.05, 3.63) is 22.7 Å². The van der Waals surface area contributed by atoms with Gasteiger partial charge in [0.05, 0.1) is 16.5 Å². The first-order chi connectivity index (χ1) is 9.99. The van der Waals surface area contributed by atoms with Crippen molar-refractivity contribution in [2.45, 2.75) is 23.8 Å². The summed E-state index contributed by atoms with van der Waals surface area (Å²) in [7, 11) is -1.94. The number of nitrogens with zero attached hydrogens (tertiary/aromatic N) is 1. The Morgan fingerprint density at radius 1 is 1.33 bits per heavy atom. The second kappa shape index (κ2) is 5.87. The van der Waals surface area contributed by atoms with Gasteiger partial charge < -0.3 is 9.64 Å². The monoisotopic (exact) mass is 374 g/mol. The lowest BCUT2D eigenvalue weighted by Crippen LogP contribution is -2.57. The van der Waals surface area contributed by atoms with Gasteiger partial charge in [0.2, 0.25) is 10.0 Å². The van der Waals surface area contributed by atoms with E-state index in [0.717, 1.165) is 32.5 Å². The Bertz CT molecular complexity index is 627. The number of methoxy groups -OCH3 is 1. The molecule has 3 aliphatic rings. The van der Waals surface area contributed by atoms with Crippen LogP contribution < -0.4 is 9.46 Å². The Morgan fingerprint density at radius 3 is 2.57 bits per heavy atom. The molecule has 0 aliphatic carbocycles. The number of nitrogens with one attached hydrogen (secondary N) is 1. The number of fused-ring (bicyclic) bond motifs is 3. The summed E-state index contributed by atoms with van der Waals surface area (Å²) in [4.78, 5) is 2.60. The van der Waals surface area contributed by atoms with Crippen molar-refractivity contribution in [3.8, 4) is 5.75 Å². The number of sulfonamides is 1. The van der Waals surface area contributed by atoms with Crippen LogP contribution in [0.3, 0.4) is 0 Å². The number of rotatable bonds is 4. The van der Waals surface area contributed by atoms with Gasteiger partial charge in [-0.2, -0.15) is 0 Å². The standard InChI is InChI=1S/C14H19BrN2O3S/c1-20-14-3-2-11(8-12(14)15)21(18,19)16-13-9-17-6-4-10(13)5-7-17/h2-3,8,10,13,16H,4-7,9H2,1H3. The molecule has 2 bridgehead atoms. The molecule has 1 atom stereocenters. The van der Waals surface area contributed by atoms with Gasteiger partial charge in [-0.05, 0) is 66.0 Å². The molecule has 1 aromatic rings. The summed E-state index contributed by atoms with van der Waals surface area (Å²) in [6, 6.07) is 4.85. The maximum atomic E-state index is 12.5. The van der Waals surface area contributed by atoms with Gasteiger partial charge in [0.15, 0.2) is 0 Å². The van der Waals surface area contributed by atoms with Gasteiger partial charge in [-0.15, -0.1) is 0 Å². The van der Waals surface area contributed by atoms with E-state index in [9.17, 15) is 8.42 Å². The van der Waals surface area contributed by atoms with Crippen molar-refractivity contribution in [3.63, 3.8) is 0 Å². The van der Waals surface area contributed by atoms with E-state index in [-0.39, 0.29) is 10.9 Å². The van der Waals surface area contributed by atoms with E-state index < -0.39 is 10.0 Å². The highest BCUT2D eigenvalue weighted by molar-refractivity contribution is 9.10. The van der Waals surface area contributed by atoms with E-state index in [1.807, 2.05) is 0 Å². The minimum absolute atomic E-state index is 0.0263. The van der Waals surface area contributed by atoms with Crippen LogP contribution in [0.15, 0.2) is 27.6 Å². The number of hydrogen-bond acceptors (Lipinski definition) is 4. The number of piperidine rings is 3. The van der Waals surface area contributed by atoms with Crippen LogP contribution in [0.4, 0.5) is 0 Å². The lowest BCUT2D eigenvalue weighted by Gasteiger charge is -2.44. The van der Waals surface area contributed by atoms with Crippen molar-refractivity contribution >= 4 is 26.0 Å². The third kappa shape index (κ3) is 3.11. The molecule has 0 spiro atoms. The van der Waals surface area contributed by atoms with E-state index in [1.54, 1.807) is 25.3 Å². The lowest BCUT2D eigenvalue weighted by atomic mass is 9.85. The summed E-state index contributed by atoms with van der Waals surface area (Å²) >= 11 is 3.33. The molecule has 0 saturated carbocycles. The molecule has 0 aromatic heterocycles. The second-order valence-corrected chi connectivity index (χ2v) is 8.23. The molecular formula is C14H19BrN2O3S. The minimum Gasteiger partial charge on any atom is -0.496 e. The van der Waals surface area contributed by atoms with Crippen LogP contribution in [-0.4, -0.2) is 46.1 Å². The Kier molecular flexibility index (Phi) is 4.27. The van der Waals surface area contributed by atoms with Crippen molar-refractivity contribution in [1.29, 1.82) is 0 Å². The van der Waals surface area contributed by atoms with Gasteiger partial charge in [-0.3, -0.25) is 0 Å². The van der Waals surface area contributed by atoms with Gasteiger partial charge in [-0.1, -0.05) is 0 Å². The third-order valence-electron chi connectivity index (χ3n) is 4.40. The fourth-order valence-corrected chi connectivity index (χ4v) is 5.19. The predicted octanol–water partition coefficient (Wildman–Crippen LogP) is 1.83. The van der Waals surface area contributed by atoms with Gasteiger partial charge in [0.1, 0.15) is 5.75 Å². The molecule has 5 nitrogen and oxygen atoms in total. The van der Waals surface area contributed by atoms with Crippen molar-refractivity contribution in [2.24, 2.45) is 5.92 Å². The van der Waals surface area contributed by atoms with Crippen LogP contribution in [0.5, 0.6) is 5.75 Å². The molecule has 3 heterocycles. The van der Waals surface area contributed by atoms with Gasteiger partial charge in [0.25, 0.3) is 0 Å². The topological polar surface area (TPSA) is 58.6 Å². The van der Waals surface area contributed by atoms with Gasteiger partial charge in [0, 0.05) is 12.6 Å². The van der Waals surface area contributed by atoms with Crippen molar-refractivity contribution in [1.82, 2.24) is 9.62 Å². The summed E-state index contributed by atoms with van der Waals surface area (Å²) in [5.74, 6) is 1.09. The first-order valence-electron chi connectivity index (χ1n) is 7.08. The van der Waals surface area contributed by atoms with Crippen LogP contribution in [0.25, 0.3) is 0 Å². The Balaban J connectivity index is 1.79. The van der Waals surface area contributed by atoms with Crippen LogP contribution in [-0.2, 0) is 10.0 Å². The van der Waals surface area contributed by atoms with Crippen molar-refractivity contribution < 1.29 is 13.2 Å². The molecule has 1 unspecified atom stereocenters. The first kappa shape index (κ1) is 15.3. The zero-order valence-corrected chi connectivity index (χ0v) is 14.3. The molecule has 21 heavy (non-hydrogen) atoms. The van der Waals surface area contributed by atoms with Crippen LogP contribution in [0, 0.1) is 5.92 Å². The van der Waals surface area contributed by atoms with E-state index in [0.29, 0.717) is 16.1 Å². The molecule has 4 rings (SSSR count). The quantitative estimate of drug-likeness (QED) is 0.873. The Morgan fingerprint density at radius 2 is 2.05 bits per heavy atom. The largest absolute Gasteiger partial charge is 0.496 e. The zero-order valence-electron chi connectivity index (χ0n) is 11.9. The highest BCUT2D eigenvalue weighted by atomic mass is 79.9. The third-order valence-corrected chi connectivity index (χ3v) is 6.50. The van der Waals surface area contributed by atoms with Gasteiger partial charge >= 0.3 is 0 Å². The Labute approximate surface area is 133 Å². The molecule has 0 radical (unpaired) electrons. The highest BCUT2D eigenvalue weighted by Crippen LogP contribution is 2.30. The zero-order chi connectivity index (χ0) is 15.0. The van der Waals surface area contributed by atoms with E-state index in [1.165, 1.54) is 0 Å². The lowest BCUT2D eigenvalue weighted by molar-refractivity contribution is 0.0827. The first-order valence-corrected chi connectivity index (χ1v) is 9.35. The SMILES string of the molecule is COc1ccc(S(=O)(=O)NC2CN3CCC2CC3)cc1Br. The summed E-state index contributed by atoms with van der Waals surface area (Å²) < 4.78 is 33.7. The second-order valence-electron chi connectivity index (χ2n) is 5.66. The summed E-state index contributed by atoms with van der Waals surface area (Å²) in [6.45, 7) is 3.01. The molecule has 1 N–H and O–H groups in total. The maximum absolute atomic E-state index is 12.5. The molecule has 3 fully saturated rings. The number of ether oxygens (including phenoxy) is 1. The molecule has 1 aromatic carbocycles. The molecule has 3 aliphatic heterocycles. The number of halogens is 1. The molecule has 0 amide bonds. The molecule has 3 saturated heterocycles. The molecule has 7 heteroatoms. The molecular weight excluding hydrogens is 356 g/mol. The summed E-state index contributed by atoms with van der Waals surface area (Å²) in [5, 5.41) is 0. The predicted molar refractivity (Wildman–Crippen MR) is 84.0 cm³/mol. The highest BCUT2D eigenvalue weighted by Gasteiger charge is 2.36. The van der Waals surface area contributed by atoms with E-state index >= 15 is 0 Å². The molecule has 116 valence electrons. The van der Waals surface area contributed by atoms with Crippen LogP contribution >= 0.6 is 15.9 Å². The van der Waals surface area contributed by atoms with Crippen LogP contribution in [0.2, 0.25) is 0 Å². The fraction of sp³-hybridized carbons (Fsp3) is 0.571. The average Bonchev–Trinajstić information content (AvgIpc) is 2.48. The summed E-state index contributed by atoms with van der Waals surface area (Å²) in [5.41, 5.74) is 0. The fourth-order valence-electron chi connectivity index (χ4n) is 3.18. The maximum Gasteiger partial charge on any atom is 0.240 e. The number of benzene rings is 1. The van der Waals surface area contributed by atoms with E-state index in [4.69, 9.17) is 4.74 Å². The van der Waals surface area contributed by atoms with Crippen molar-refractivity contribution in [2.75, 3.05) is 26.7 Å². The van der Waals surface area contributed by atoms with E-state index in [2.05, 4.69) is 25.6 Å². The van der Waals surface area contributed by atoms with Crippen LogP contribution in [0.1, 0.15) is 12.8 Å². The average molecular weight is 375 g/mol. The van der Waals surface area contributed by atoms with Gasteiger partial charge in [-0.25, -0.2) is 13.1 Å². The summed E-state index contributed by atoms with van der Waals surface area (Å²) in [6.07, 6.45) is 2.17. The Hall–Kier alpha value is -0.630.